The number of hydrogen-bond donors (Lipinski definition) is 1. The molecule has 0 radical (unpaired) electrons. The smallest absolute Gasteiger partial charge is 0.270 e. The number of aromatic amines is 1. The van der Waals surface area contributed by atoms with Crippen molar-refractivity contribution < 1.29 is 9.59 Å². The summed E-state index contributed by atoms with van der Waals surface area (Å²) in [5, 5.41) is 0. The normalized spacial score (nSPS) is 28.6. The van der Waals surface area contributed by atoms with E-state index in [9.17, 15) is 9.59 Å². The number of carbonyl (C=O) groups is 2. The summed E-state index contributed by atoms with van der Waals surface area (Å²) in [5.74, 6) is 0.356. The van der Waals surface area contributed by atoms with Crippen LogP contribution < -0.4 is 0 Å². The van der Waals surface area contributed by atoms with Crippen LogP contribution in [0.2, 0.25) is 0 Å². The summed E-state index contributed by atoms with van der Waals surface area (Å²) in [6, 6.07) is 3.59. The average molecular weight is 287 g/mol. The summed E-state index contributed by atoms with van der Waals surface area (Å²) < 4.78 is 0. The van der Waals surface area contributed by atoms with E-state index in [-0.39, 0.29) is 17.7 Å². The molecule has 1 N–H and O–H groups in total. The van der Waals surface area contributed by atoms with Crippen LogP contribution in [-0.4, -0.2) is 52.8 Å². The second-order valence-electron chi connectivity index (χ2n) is 6.12. The lowest BCUT2D eigenvalue weighted by Crippen LogP contribution is -2.40. The lowest BCUT2D eigenvalue weighted by molar-refractivity contribution is -0.136. The number of nitrogens with zero attached hydrogens (tertiary/aromatic N) is 2. The van der Waals surface area contributed by atoms with Gasteiger partial charge < -0.3 is 14.8 Å². The highest BCUT2D eigenvalue weighted by atomic mass is 16.2. The Kier molecular flexibility index (Phi) is 3.35. The van der Waals surface area contributed by atoms with E-state index in [4.69, 9.17) is 0 Å². The molecule has 5 heteroatoms. The summed E-state index contributed by atoms with van der Waals surface area (Å²) >= 11 is 0. The Bertz CT molecular complexity index is 566. The van der Waals surface area contributed by atoms with Crippen molar-refractivity contribution >= 4 is 11.8 Å². The fourth-order valence-corrected chi connectivity index (χ4v) is 3.65. The first-order valence-electron chi connectivity index (χ1n) is 7.41. The molecule has 2 atom stereocenters. The van der Waals surface area contributed by atoms with Crippen molar-refractivity contribution in [3.05, 3.63) is 36.7 Å². The quantitative estimate of drug-likeness (QED) is 0.857. The zero-order valence-corrected chi connectivity index (χ0v) is 12.3. The molecule has 0 aromatic carbocycles. The van der Waals surface area contributed by atoms with Crippen molar-refractivity contribution in [2.24, 2.45) is 11.3 Å². The van der Waals surface area contributed by atoms with Crippen LogP contribution in [0.3, 0.4) is 0 Å². The second kappa shape index (κ2) is 5.06. The molecule has 1 aromatic heterocycles. The molecule has 2 aliphatic rings. The Morgan fingerprint density at radius 1 is 1.62 bits per heavy atom. The zero-order chi connectivity index (χ0) is 15.0. The summed E-state index contributed by atoms with van der Waals surface area (Å²) in [5.41, 5.74) is 0.193. The van der Waals surface area contributed by atoms with Crippen LogP contribution in [0.15, 0.2) is 31.0 Å². The zero-order valence-electron chi connectivity index (χ0n) is 12.3. The Morgan fingerprint density at radius 2 is 2.43 bits per heavy atom. The van der Waals surface area contributed by atoms with Crippen molar-refractivity contribution in [3.63, 3.8) is 0 Å². The lowest BCUT2D eigenvalue weighted by atomic mass is 9.78. The van der Waals surface area contributed by atoms with Gasteiger partial charge in [0.25, 0.3) is 5.91 Å². The predicted octanol–water partition coefficient (Wildman–Crippen LogP) is 1.51. The van der Waals surface area contributed by atoms with E-state index in [0.717, 1.165) is 13.0 Å². The number of likely N-dealkylation sites (tertiary alicyclic amines) is 2. The van der Waals surface area contributed by atoms with Crippen LogP contribution in [0.25, 0.3) is 0 Å². The van der Waals surface area contributed by atoms with Crippen molar-refractivity contribution in [3.8, 4) is 0 Å². The molecule has 0 unspecified atom stereocenters. The maximum Gasteiger partial charge on any atom is 0.270 e. The van der Waals surface area contributed by atoms with Crippen molar-refractivity contribution in [1.29, 1.82) is 0 Å². The molecule has 2 saturated heterocycles. The molecule has 0 bridgehead atoms. The van der Waals surface area contributed by atoms with Gasteiger partial charge >= 0.3 is 0 Å². The molecule has 3 heterocycles. The Morgan fingerprint density at radius 3 is 3.10 bits per heavy atom. The van der Waals surface area contributed by atoms with Crippen LogP contribution in [0.1, 0.15) is 23.8 Å². The van der Waals surface area contributed by atoms with Gasteiger partial charge in [0, 0.05) is 32.4 Å². The molecule has 2 fully saturated rings. The van der Waals surface area contributed by atoms with Crippen LogP contribution in [0.4, 0.5) is 0 Å². The standard InChI is InChI=1S/C16H21N3O2/c1-3-8-18-9-6-16(15(18)21)11-19(10-12(16)2)14(20)13-5-4-7-17-13/h3-5,7,12,17H,1,6,8-11H2,2H3/t12-,16-/m1/s1. The average Bonchev–Trinajstić information content (AvgIpc) is 3.16. The van der Waals surface area contributed by atoms with Crippen LogP contribution in [0.5, 0.6) is 0 Å². The minimum atomic E-state index is -0.398. The number of H-pyrrole nitrogens is 1. The third kappa shape index (κ3) is 2.07. The van der Waals surface area contributed by atoms with E-state index in [1.54, 1.807) is 18.3 Å². The van der Waals surface area contributed by atoms with E-state index >= 15 is 0 Å². The Balaban J connectivity index is 1.79. The third-order valence-electron chi connectivity index (χ3n) is 4.92. The summed E-state index contributed by atoms with van der Waals surface area (Å²) in [4.78, 5) is 31.8. The number of aromatic nitrogens is 1. The molecule has 1 spiro atoms. The van der Waals surface area contributed by atoms with Gasteiger partial charge in [0.2, 0.25) is 5.91 Å². The van der Waals surface area contributed by atoms with Crippen LogP contribution >= 0.6 is 0 Å². The van der Waals surface area contributed by atoms with Gasteiger partial charge in [0.05, 0.1) is 5.41 Å². The van der Waals surface area contributed by atoms with E-state index in [2.05, 4.69) is 18.5 Å². The van der Waals surface area contributed by atoms with Gasteiger partial charge in [-0.05, 0) is 24.5 Å². The first-order chi connectivity index (χ1) is 10.1. The predicted molar refractivity (Wildman–Crippen MR) is 79.7 cm³/mol. The van der Waals surface area contributed by atoms with Crippen molar-refractivity contribution in [2.45, 2.75) is 13.3 Å². The number of nitrogens with one attached hydrogen (secondary N) is 1. The highest BCUT2D eigenvalue weighted by molar-refractivity contribution is 5.94. The highest BCUT2D eigenvalue weighted by Gasteiger charge is 2.55. The fourth-order valence-electron chi connectivity index (χ4n) is 3.65. The molecule has 1 aromatic rings. The van der Waals surface area contributed by atoms with E-state index in [1.165, 1.54) is 0 Å². The monoisotopic (exact) mass is 287 g/mol. The molecule has 3 rings (SSSR count). The fraction of sp³-hybridized carbons (Fsp3) is 0.500. The van der Waals surface area contributed by atoms with Gasteiger partial charge in [-0.2, -0.15) is 0 Å². The molecule has 0 aliphatic carbocycles. The minimum absolute atomic E-state index is 0.0151. The largest absolute Gasteiger partial charge is 0.357 e. The van der Waals surface area contributed by atoms with Gasteiger partial charge in [-0.25, -0.2) is 0 Å². The van der Waals surface area contributed by atoms with Crippen molar-refractivity contribution in [1.82, 2.24) is 14.8 Å². The van der Waals surface area contributed by atoms with Gasteiger partial charge in [0.15, 0.2) is 0 Å². The molecular formula is C16H21N3O2. The molecule has 112 valence electrons. The Labute approximate surface area is 124 Å². The first kappa shape index (κ1) is 13.9. The summed E-state index contributed by atoms with van der Waals surface area (Å²) in [6.07, 6.45) is 4.34. The number of hydrogen-bond acceptors (Lipinski definition) is 2. The summed E-state index contributed by atoms with van der Waals surface area (Å²) in [7, 11) is 0. The van der Waals surface area contributed by atoms with E-state index < -0.39 is 5.41 Å². The van der Waals surface area contributed by atoms with Gasteiger partial charge in [-0.15, -0.1) is 6.58 Å². The van der Waals surface area contributed by atoms with E-state index in [1.807, 2.05) is 15.9 Å². The maximum atomic E-state index is 12.7. The number of carbonyl (C=O) groups excluding carboxylic acids is 2. The first-order valence-corrected chi connectivity index (χ1v) is 7.41. The second-order valence-corrected chi connectivity index (χ2v) is 6.12. The van der Waals surface area contributed by atoms with E-state index in [0.29, 0.717) is 25.3 Å². The topological polar surface area (TPSA) is 56.4 Å². The molecule has 21 heavy (non-hydrogen) atoms. The molecule has 2 aliphatic heterocycles. The number of amides is 2. The third-order valence-corrected chi connectivity index (χ3v) is 4.92. The summed E-state index contributed by atoms with van der Waals surface area (Å²) in [6.45, 7) is 8.32. The lowest BCUT2D eigenvalue weighted by Gasteiger charge is -2.26. The Hall–Kier alpha value is -2.04. The van der Waals surface area contributed by atoms with Crippen LogP contribution in [0, 0.1) is 11.3 Å². The molecule has 5 nitrogen and oxygen atoms in total. The molecule has 0 saturated carbocycles. The van der Waals surface area contributed by atoms with Crippen LogP contribution in [-0.2, 0) is 4.79 Å². The minimum Gasteiger partial charge on any atom is -0.357 e. The molecular weight excluding hydrogens is 266 g/mol. The van der Waals surface area contributed by atoms with Gasteiger partial charge in [-0.1, -0.05) is 13.0 Å². The number of rotatable bonds is 3. The van der Waals surface area contributed by atoms with Crippen molar-refractivity contribution in [2.75, 3.05) is 26.2 Å². The molecule has 2 amide bonds. The maximum absolute atomic E-state index is 12.7. The van der Waals surface area contributed by atoms with Gasteiger partial charge in [0.1, 0.15) is 5.69 Å². The highest BCUT2D eigenvalue weighted by Crippen LogP contribution is 2.44. The SMILES string of the molecule is C=CCN1CC[C@]2(CN(C(=O)c3ccc[nH]3)C[C@H]2C)C1=O. The van der Waals surface area contributed by atoms with Gasteiger partial charge in [-0.3, -0.25) is 9.59 Å².